The smallest absolute Gasteiger partial charge is 0.255 e. The molecule has 114 valence electrons. The van der Waals surface area contributed by atoms with Gasteiger partial charge in [0.1, 0.15) is 6.04 Å². The number of aromatic amines is 1. The average Bonchev–Trinajstić information content (AvgIpc) is 3.10. The normalized spacial score (nSPS) is 17.8. The fraction of sp³-hybridized carbons (Fsp3) is 0.267. The quantitative estimate of drug-likeness (QED) is 0.904. The van der Waals surface area contributed by atoms with Gasteiger partial charge in [-0.25, -0.2) is 0 Å². The molecule has 1 atom stereocenters. The number of benzene rings is 1. The molecule has 0 unspecified atom stereocenters. The van der Waals surface area contributed by atoms with E-state index in [-0.39, 0.29) is 11.8 Å². The van der Waals surface area contributed by atoms with E-state index in [0.717, 1.165) is 0 Å². The lowest BCUT2D eigenvalue weighted by atomic mass is 10.1. The summed E-state index contributed by atoms with van der Waals surface area (Å²) in [6, 6.07) is 6.72. The summed E-state index contributed by atoms with van der Waals surface area (Å²) < 4.78 is 0. The first-order valence-corrected chi connectivity index (χ1v) is 7.30. The van der Waals surface area contributed by atoms with Gasteiger partial charge >= 0.3 is 0 Å². The fourth-order valence-corrected chi connectivity index (χ4v) is 2.75. The van der Waals surface area contributed by atoms with E-state index in [0.29, 0.717) is 34.8 Å². The van der Waals surface area contributed by atoms with Crippen LogP contribution in [-0.2, 0) is 4.79 Å². The van der Waals surface area contributed by atoms with Gasteiger partial charge in [-0.05, 0) is 12.5 Å². The number of amides is 2. The number of H-pyrrole nitrogens is 1. The molecule has 1 aliphatic heterocycles. The first-order valence-electron chi connectivity index (χ1n) is 6.92. The Morgan fingerprint density at radius 2 is 2.23 bits per heavy atom. The summed E-state index contributed by atoms with van der Waals surface area (Å²) in [7, 11) is 1.72. The summed E-state index contributed by atoms with van der Waals surface area (Å²) in [5.41, 5.74) is 1.61. The van der Waals surface area contributed by atoms with Gasteiger partial charge in [-0.15, -0.1) is 0 Å². The topological polar surface area (TPSA) is 78.1 Å². The molecule has 2 amide bonds. The predicted octanol–water partition coefficient (Wildman–Crippen LogP) is 1.69. The Labute approximate surface area is 132 Å². The predicted molar refractivity (Wildman–Crippen MR) is 82.5 cm³/mol. The number of hydrogen-bond donors (Lipinski definition) is 2. The molecule has 0 saturated carbocycles. The molecular formula is C15H15ClN4O2. The zero-order valence-electron chi connectivity index (χ0n) is 12.0. The third-order valence-corrected chi connectivity index (χ3v) is 4.09. The van der Waals surface area contributed by atoms with Gasteiger partial charge < -0.3 is 10.2 Å². The molecule has 7 heteroatoms. The number of nitrogens with zero attached hydrogens (tertiary/aromatic N) is 2. The van der Waals surface area contributed by atoms with Crippen LogP contribution in [0.25, 0.3) is 11.3 Å². The minimum absolute atomic E-state index is 0.0730. The van der Waals surface area contributed by atoms with Crippen molar-refractivity contribution in [3.63, 3.8) is 0 Å². The standard InChI is InChI=1S/C15H15ClN4O2/c1-20-7-6-12(15(20)22)18-14(21)10-8-17-19-13(10)9-4-2-3-5-11(9)16/h2-5,8,12H,6-7H2,1H3,(H,17,19)(H,18,21)/t12-/m1/s1. The Balaban J connectivity index is 1.85. The Bertz CT molecular complexity index is 728. The van der Waals surface area contributed by atoms with Gasteiger partial charge in [0.05, 0.1) is 17.5 Å². The van der Waals surface area contributed by atoms with E-state index < -0.39 is 6.04 Å². The average molecular weight is 319 g/mol. The summed E-state index contributed by atoms with van der Waals surface area (Å²) >= 11 is 6.16. The molecule has 0 spiro atoms. The number of hydrogen-bond acceptors (Lipinski definition) is 3. The van der Waals surface area contributed by atoms with Crippen molar-refractivity contribution in [1.82, 2.24) is 20.4 Å². The van der Waals surface area contributed by atoms with Crippen LogP contribution in [0.1, 0.15) is 16.8 Å². The van der Waals surface area contributed by atoms with E-state index in [1.54, 1.807) is 24.1 Å². The summed E-state index contributed by atoms with van der Waals surface area (Å²) in [6.45, 7) is 0.645. The Morgan fingerprint density at radius 3 is 2.91 bits per heavy atom. The maximum Gasteiger partial charge on any atom is 0.255 e. The van der Waals surface area contributed by atoms with Crippen molar-refractivity contribution in [2.75, 3.05) is 13.6 Å². The second kappa shape index (κ2) is 5.81. The molecule has 3 rings (SSSR count). The van der Waals surface area contributed by atoms with Gasteiger partial charge in [0.2, 0.25) is 5.91 Å². The van der Waals surface area contributed by atoms with Gasteiger partial charge in [0.15, 0.2) is 0 Å². The van der Waals surface area contributed by atoms with E-state index in [9.17, 15) is 9.59 Å². The highest BCUT2D eigenvalue weighted by molar-refractivity contribution is 6.33. The van der Waals surface area contributed by atoms with E-state index in [1.807, 2.05) is 12.1 Å². The van der Waals surface area contributed by atoms with Gasteiger partial charge in [0.25, 0.3) is 5.91 Å². The molecule has 2 N–H and O–H groups in total. The number of carbonyl (C=O) groups excluding carboxylic acids is 2. The summed E-state index contributed by atoms with van der Waals surface area (Å²) in [5, 5.41) is 10.0. The van der Waals surface area contributed by atoms with Crippen LogP contribution in [0, 0.1) is 0 Å². The first kappa shape index (κ1) is 14.6. The van der Waals surface area contributed by atoms with Crippen LogP contribution in [-0.4, -0.2) is 46.5 Å². The molecule has 1 aliphatic rings. The number of likely N-dealkylation sites (N-methyl/N-ethyl adjacent to an activating group) is 1. The second-order valence-corrected chi connectivity index (χ2v) is 5.62. The third-order valence-electron chi connectivity index (χ3n) is 3.76. The highest BCUT2D eigenvalue weighted by atomic mass is 35.5. The van der Waals surface area contributed by atoms with Gasteiger partial charge in [-0.1, -0.05) is 29.8 Å². The second-order valence-electron chi connectivity index (χ2n) is 5.21. The lowest BCUT2D eigenvalue weighted by Crippen LogP contribution is -2.40. The van der Waals surface area contributed by atoms with E-state index in [1.165, 1.54) is 6.20 Å². The maximum absolute atomic E-state index is 12.4. The molecule has 1 aromatic heterocycles. The largest absolute Gasteiger partial charge is 0.344 e. The number of halogens is 1. The molecule has 22 heavy (non-hydrogen) atoms. The molecule has 2 heterocycles. The van der Waals surface area contributed by atoms with Crippen molar-refractivity contribution in [2.24, 2.45) is 0 Å². The van der Waals surface area contributed by atoms with E-state index >= 15 is 0 Å². The molecule has 0 bridgehead atoms. The fourth-order valence-electron chi connectivity index (χ4n) is 2.52. The van der Waals surface area contributed by atoms with Crippen LogP contribution < -0.4 is 5.32 Å². The molecule has 1 fully saturated rings. The number of aromatic nitrogens is 2. The lowest BCUT2D eigenvalue weighted by Gasteiger charge is -2.12. The minimum Gasteiger partial charge on any atom is -0.344 e. The van der Waals surface area contributed by atoms with E-state index in [4.69, 9.17) is 11.6 Å². The van der Waals surface area contributed by atoms with Crippen LogP contribution in [0.2, 0.25) is 5.02 Å². The molecule has 0 radical (unpaired) electrons. The molecule has 1 aromatic carbocycles. The minimum atomic E-state index is -0.480. The summed E-state index contributed by atoms with van der Waals surface area (Å²) in [6.07, 6.45) is 2.05. The van der Waals surface area contributed by atoms with Crippen LogP contribution >= 0.6 is 11.6 Å². The van der Waals surface area contributed by atoms with Gasteiger partial charge in [-0.3, -0.25) is 14.7 Å². The van der Waals surface area contributed by atoms with Gasteiger partial charge in [0, 0.05) is 24.2 Å². The summed E-state index contributed by atoms with van der Waals surface area (Å²) in [5.74, 6) is -0.409. The van der Waals surface area contributed by atoms with Crippen molar-refractivity contribution in [3.05, 3.63) is 41.0 Å². The molecule has 0 aliphatic carbocycles. The zero-order chi connectivity index (χ0) is 15.7. The third kappa shape index (κ3) is 2.57. The van der Waals surface area contributed by atoms with Crippen molar-refractivity contribution in [2.45, 2.75) is 12.5 Å². The van der Waals surface area contributed by atoms with Crippen LogP contribution in [0.5, 0.6) is 0 Å². The number of rotatable bonds is 3. The van der Waals surface area contributed by atoms with Crippen molar-refractivity contribution in [3.8, 4) is 11.3 Å². The maximum atomic E-state index is 12.4. The Morgan fingerprint density at radius 1 is 1.45 bits per heavy atom. The van der Waals surface area contributed by atoms with Crippen LogP contribution in [0.4, 0.5) is 0 Å². The van der Waals surface area contributed by atoms with Crippen molar-refractivity contribution >= 4 is 23.4 Å². The zero-order valence-corrected chi connectivity index (χ0v) is 12.7. The monoisotopic (exact) mass is 318 g/mol. The molecule has 2 aromatic rings. The number of carbonyl (C=O) groups is 2. The van der Waals surface area contributed by atoms with Crippen molar-refractivity contribution in [1.29, 1.82) is 0 Å². The number of likely N-dealkylation sites (tertiary alicyclic amines) is 1. The van der Waals surface area contributed by atoms with E-state index in [2.05, 4.69) is 15.5 Å². The molecular weight excluding hydrogens is 304 g/mol. The van der Waals surface area contributed by atoms with Crippen molar-refractivity contribution < 1.29 is 9.59 Å². The summed E-state index contributed by atoms with van der Waals surface area (Å²) in [4.78, 5) is 25.9. The number of nitrogens with one attached hydrogen (secondary N) is 2. The lowest BCUT2D eigenvalue weighted by molar-refractivity contribution is -0.128. The highest BCUT2D eigenvalue weighted by Gasteiger charge is 2.31. The first-order chi connectivity index (χ1) is 10.6. The van der Waals surface area contributed by atoms with Crippen LogP contribution in [0.15, 0.2) is 30.5 Å². The molecule has 6 nitrogen and oxygen atoms in total. The van der Waals surface area contributed by atoms with Crippen LogP contribution in [0.3, 0.4) is 0 Å². The van der Waals surface area contributed by atoms with Gasteiger partial charge in [-0.2, -0.15) is 5.10 Å². The Hall–Kier alpha value is -2.34. The Kier molecular flexibility index (Phi) is 3.85. The SMILES string of the molecule is CN1CC[C@@H](NC(=O)c2cn[nH]c2-c2ccccc2Cl)C1=O. The molecule has 1 saturated heterocycles. The highest BCUT2D eigenvalue weighted by Crippen LogP contribution is 2.28.